The van der Waals surface area contributed by atoms with Gasteiger partial charge in [-0.3, -0.25) is 4.99 Å². The molecule has 0 fully saturated rings. The van der Waals surface area contributed by atoms with E-state index in [4.69, 9.17) is 0 Å². The molecule has 1 aliphatic heterocycles. The van der Waals surface area contributed by atoms with Crippen LogP contribution in [0.4, 0.5) is 0 Å². The number of aliphatic imine (C=N–C) groups is 1. The summed E-state index contributed by atoms with van der Waals surface area (Å²) in [5.41, 5.74) is 0. The van der Waals surface area contributed by atoms with Crippen molar-refractivity contribution in [3.63, 3.8) is 0 Å². The Morgan fingerprint density at radius 2 is 1.16 bits per heavy atom. The summed E-state index contributed by atoms with van der Waals surface area (Å²) in [4.78, 5) is 6.48. The Kier molecular flexibility index (Phi) is 15.2. The molecule has 25 heavy (non-hydrogen) atoms. The maximum Gasteiger partial charge on any atom is 0.116 e. The quantitative estimate of drug-likeness (QED) is 0.294. The van der Waals surface area contributed by atoms with Gasteiger partial charge in [0.1, 0.15) is 12.6 Å². The van der Waals surface area contributed by atoms with E-state index in [2.05, 4.69) is 11.9 Å². The number of amidine groups is 1. The van der Waals surface area contributed by atoms with Crippen LogP contribution in [0.1, 0.15) is 116 Å². The number of hydrogen-bond donors (Lipinski definition) is 1. The highest BCUT2D eigenvalue weighted by atomic mass is 16.3. The van der Waals surface area contributed by atoms with Crippen LogP contribution in [0.5, 0.6) is 0 Å². The first-order valence-electron chi connectivity index (χ1n) is 11.3. The van der Waals surface area contributed by atoms with E-state index in [9.17, 15) is 5.11 Å². The van der Waals surface area contributed by atoms with Gasteiger partial charge < -0.3 is 10.0 Å². The summed E-state index contributed by atoms with van der Waals surface area (Å²) in [6, 6.07) is 0. The molecule has 0 bridgehead atoms. The molecule has 0 saturated heterocycles. The Morgan fingerprint density at radius 3 is 1.60 bits per heavy atom. The highest BCUT2D eigenvalue weighted by Gasteiger charge is 2.14. The van der Waals surface area contributed by atoms with Crippen molar-refractivity contribution in [2.75, 3.05) is 19.8 Å². The third-order valence-electron chi connectivity index (χ3n) is 5.45. The molecule has 0 spiro atoms. The van der Waals surface area contributed by atoms with E-state index >= 15 is 0 Å². The zero-order chi connectivity index (χ0) is 18.0. The van der Waals surface area contributed by atoms with Gasteiger partial charge in [-0.2, -0.15) is 0 Å². The SMILES string of the molecule is CCCCCCCCCCCCCCCCCCC1=NCCN1CO. The summed E-state index contributed by atoms with van der Waals surface area (Å²) in [6.45, 7) is 4.20. The molecule has 1 rings (SSSR count). The molecule has 148 valence electrons. The zero-order valence-corrected chi connectivity index (χ0v) is 17.0. The Balaban J connectivity index is 1.72. The van der Waals surface area contributed by atoms with Crippen LogP contribution in [0.25, 0.3) is 0 Å². The molecule has 0 saturated carbocycles. The fourth-order valence-corrected chi connectivity index (χ4v) is 3.75. The topological polar surface area (TPSA) is 35.8 Å². The summed E-state index contributed by atoms with van der Waals surface area (Å²) >= 11 is 0. The maximum atomic E-state index is 9.22. The van der Waals surface area contributed by atoms with Crippen LogP contribution in [-0.4, -0.2) is 35.7 Å². The predicted molar refractivity (Wildman–Crippen MR) is 110 cm³/mol. The van der Waals surface area contributed by atoms with Gasteiger partial charge in [0.05, 0.1) is 6.54 Å². The van der Waals surface area contributed by atoms with Gasteiger partial charge >= 0.3 is 0 Å². The molecule has 0 aliphatic carbocycles. The third kappa shape index (κ3) is 12.4. The molecule has 0 radical (unpaired) electrons. The normalized spacial score (nSPS) is 14.3. The molecule has 0 aromatic heterocycles. The lowest BCUT2D eigenvalue weighted by Crippen LogP contribution is -2.28. The van der Waals surface area contributed by atoms with Crippen LogP contribution in [0.3, 0.4) is 0 Å². The first-order chi connectivity index (χ1) is 12.4. The number of unbranched alkanes of at least 4 members (excludes halogenated alkanes) is 15. The lowest BCUT2D eigenvalue weighted by atomic mass is 10.0. The zero-order valence-electron chi connectivity index (χ0n) is 17.0. The van der Waals surface area contributed by atoms with Gasteiger partial charge in [-0.25, -0.2) is 0 Å². The fraction of sp³-hybridized carbons (Fsp3) is 0.955. The second-order valence-electron chi connectivity index (χ2n) is 7.76. The van der Waals surface area contributed by atoms with Gasteiger partial charge in [0, 0.05) is 13.0 Å². The second kappa shape index (κ2) is 16.9. The number of rotatable bonds is 18. The summed E-state index contributed by atoms with van der Waals surface area (Å²) < 4.78 is 0. The molecule has 1 aliphatic rings. The molecule has 3 nitrogen and oxygen atoms in total. The average Bonchev–Trinajstić information content (AvgIpc) is 3.09. The molecule has 1 N–H and O–H groups in total. The lowest BCUT2D eigenvalue weighted by molar-refractivity contribution is 0.178. The summed E-state index contributed by atoms with van der Waals surface area (Å²) in [7, 11) is 0. The van der Waals surface area contributed by atoms with Crippen LogP contribution >= 0.6 is 0 Å². The van der Waals surface area contributed by atoms with E-state index in [0.717, 1.165) is 25.3 Å². The Bertz CT molecular complexity index is 317. The van der Waals surface area contributed by atoms with Gasteiger partial charge in [-0.1, -0.05) is 103 Å². The first kappa shape index (κ1) is 22.5. The van der Waals surface area contributed by atoms with Gasteiger partial charge in [0.2, 0.25) is 0 Å². The van der Waals surface area contributed by atoms with E-state index in [1.54, 1.807) is 0 Å². The second-order valence-corrected chi connectivity index (χ2v) is 7.76. The van der Waals surface area contributed by atoms with Gasteiger partial charge in [-0.15, -0.1) is 0 Å². The van der Waals surface area contributed by atoms with Crippen molar-refractivity contribution in [3.8, 4) is 0 Å². The monoisotopic (exact) mass is 352 g/mol. The molecular weight excluding hydrogens is 308 g/mol. The summed E-state index contributed by atoms with van der Waals surface area (Å²) in [5.74, 6) is 1.13. The standard InChI is InChI=1S/C22H44N2O/c1-2-3-4-5-6-7-8-9-10-11-12-13-14-15-16-17-18-22-23-19-20-24(22)21-25/h25H,2-21H2,1H3. The van der Waals surface area contributed by atoms with Crippen molar-refractivity contribution < 1.29 is 5.11 Å². The molecule has 1 heterocycles. The highest BCUT2D eigenvalue weighted by molar-refractivity contribution is 5.83. The molecule has 0 amide bonds. The Hall–Kier alpha value is -0.570. The number of hydrogen-bond acceptors (Lipinski definition) is 3. The van der Waals surface area contributed by atoms with Crippen LogP contribution in [0.2, 0.25) is 0 Å². The van der Waals surface area contributed by atoms with E-state index in [1.165, 1.54) is 103 Å². The molecule has 0 atom stereocenters. The van der Waals surface area contributed by atoms with Crippen LogP contribution in [0, 0.1) is 0 Å². The largest absolute Gasteiger partial charge is 0.376 e. The third-order valence-corrected chi connectivity index (χ3v) is 5.45. The number of aliphatic hydroxyl groups is 1. The molecule has 3 heteroatoms. The Labute approximate surface area is 157 Å². The van der Waals surface area contributed by atoms with E-state index < -0.39 is 0 Å². The number of nitrogens with zero attached hydrogens (tertiary/aromatic N) is 2. The smallest absolute Gasteiger partial charge is 0.116 e. The van der Waals surface area contributed by atoms with Crippen molar-refractivity contribution >= 4 is 5.84 Å². The highest BCUT2D eigenvalue weighted by Crippen LogP contribution is 2.15. The minimum atomic E-state index is 0.137. The average molecular weight is 353 g/mol. The first-order valence-corrected chi connectivity index (χ1v) is 11.3. The maximum absolute atomic E-state index is 9.22. The molecule has 0 aromatic rings. The van der Waals surface area contributed by atoms with E-state index in [0.29, 0.717) is 0 Å². The summed E-state index contributed by atoms with van der Waals surface area (Å²) in [5, 5.41) is 9.22. The Morgan fingerprint density at radius 1 is 0.720 bits per heavy atom. The minimum Gasteiger partial charge on any atom is -0.376 e. The van der Waals surface area contributed by atoms with Gasteiger partial charge in [0.15, 0.2) is 0 Å². The van der Waals surface area contributed by atoms with Crippen molar-refractivity contribution in [1.29, 1.82) is 0 Å². The van der Waals surface area contributed by atoms with E-state index in [-0.39, 0.29) is 6.73 Å². The lowest BCUT2D eigenvalue weighted by Gasteiger charge is -2.16. The van der Waals surface area contributed by atoms with Crippen molar-refractivity contribution in [3.05, 3.63) is 0 Å². The molecule has 0 unspecified atom stereocenters. The summed E-state index contributed by atoms with van der Waals surface area (Å²) in [6.07, 6.45) is 23.6. The van der Waals surface area contributed by atoms with Crippen LogP contribution in [-0.2, 0) is 0 Å². The van der Waals surface area contributed by atoms with Crippen molar-refractivity contribution in [2.24, 2.45) is 4.99 Å². The molecule has 0 aromatic carbocycles. The van der Waals surface area contributed by atoms with Crippen molar-refractivity contribution in [1.82, 2.24) is 4.90 Å². The van der Waals surface area contributed by atoms with Crippen molar-refractivity contribution in [2.45, 2.75) is 116 Å². The van der Waals surface area contributed by atoms with Gasteiger partial charge in [0.25, 0.3) is 0 Å². The molecular formula is C22H44N2O. The van der Waals surface area contributed by atoms with E-state index in [1.807, 2.05) is 4.90 Å². The van der Waals surface area contributed by atoms with Crippen LogP contribution < -0.4 is 0 Å². The predicted octanol–water partition coefficient (Wildman–Crippen LogP) is 6.30. The van der Waals surface area contributed by atoms with Crippen LogP contribution in [0.15, 0.2) is 4.99 Å². The minimum absolute atomic E-state index is 0.137. The van der Waals surface area contributed by atoms with Gasteiger partial charge in [-0.05, 0) is 6.42 Å². The number of aliphatic hydroxyl groups excluding tert-OH is 1. The fourth-order valence-electron chi connectivity index (χ4n) is 3.75.